The van der Waals surface area contributed by atoms with Crippen molar-refractivity contribution in [1.29, 1.82) is 0 Å². The van der Waals surface area contributed by atoms with Gasteiger partial charge in [-0.05, 0) is 105 Å². The lowest BCUT2D eigenvalue weighted by atomic mass is 10.0. The molecule has 250 valence electrons. The van der Waals surface area contributed by atoms with Crippen molar-refractivity contribution < 1.29 is 0 Å². The minimum atomic E-state index is 0.776. The minimum Gasteiger partial charge on any atom is -0.309 e. The van der Waals surface area contributed by atoms with E-state index in [-0.39, 0.29) is 0 Å². The van der Waals surface area contributed by atoms with Gasteiger partial charge in [0.25, 0.3) is 0 Å². The Balaban J connectivity index is 1.03. The summed E-state index contributed by atoms with van der Waals surface area (Å²) in [5.41, 5.74) is 16.2. The van der Waals surface area contributed by atoms with Gasteiger partial charge in [0.15, 0.2) is 5.65 Å². The number of para-hydroxylation sites is 2. The molecule has 0 saturated carbocycles. The van der Waals surface area contributed by atoms with Crippen LogP contribution < -0.4 is 0 Å². The molecule has 0 fully saturated rings. The number of rotatable bonds is 4. The van der Waals surface area contributed by atoms with Crippen LogP contribution in [0.2, 0.25) is 0 Å². The molecule has 0 saturated heterocycles. The molecule has 0 unspecified atom stereocenters. The number of hydrogen-bond donors (Lipinski definition) is 0. The van der Waals surface area contributed by atoms with Crippen LogP contribution in [0.15, 0.2) is 182 Å². The van der Waals surface area contributed by atoms with E-state index in [4.69, 9.17) is 9.97 Å². The number of hydrogen-bond acceptors (Lipinski definition) is 2. The second-order valence-corrected chi connectivity index (χ2v) is 14.2. The predicted octanol–water partition coefficient (Wildman–Crippen LogP) is 12.8. The molecule has 1 aliphatic rings. The Bertz CT molecular complexity index is 3330. The van der Waals surface area contributed by atoms with Gasteiger partial charge in [0.05, 0.1) is 22.1 Å². The van der Waals surface area contributed by atoms with E-state index in [1.807, 2.05) is 6.20 Å². The fraction of sp³-hybridized carbons (Fsp3) is 0. The van der Waals surface area contributed by atoms with E-state index in [1.165, 1.54) is 77.1 Å². The average Bonchev–Trinajstić information content (AvgIpc) is 3.87. The topological polar surface area (TPSA) is 35.6 Å². The Morgan fingerprint density at radius 1 is 0.352 bits per heavy atom. The van der Waals surface area contributed by atoms with Crippen molar-refractivity contribution >= 4 is 54.6 Å². The second kappa shape index (κ2) is 11.1. The molecule has 0 atom stereocenters. The molecule has 0 N–H and O–H groups in total. The Morgan fingerprint density at radius 2 is 0.926 bits per heavy atom. The van der Waals surface area contributed by atoms with Gasteiger partial charge in [-0.2, -0.15) is 0 Å². The first-order chi connectivity index (χ1) is 26.8. The smallest absolute Gasteiger partial charge is 0.162 e. The van der Waals surface area contributed by atoms with Crippen molar-refractivity contribution in [1.82, 2.24) is 19.1 Å². The first-order valence-corrected chi connectivity index (χ1v) is 18.4. The van der Waals surface area contributed by atoms with E-state index >= 15 is 0 Å². The van der Waals surface area contributed by atoms with Gasteiger partial charge in [-0.15, -0.1) is 0 Å². The van der Waals surface area contributed by atoms with Crippen LogP contribution in [0.1, 0.15) is 0 Å². The Kier molecular flexibility index (Phi) is 6.02. The number of fused-ring (bicyclic) bond motifs is 9. The highest BCUT2D eigenvalue weighted by Crippen LogP contribution is 2.47. The Labute approximate surface area is 310 Å². The number of nitrogens with zero attached hydrogens (tertiary/aromatic N) is 4. The molecular formula is C50H30N4. The van der Waals surface area contributed by atoms with Gasteiger partial charge < -0.3 is 4.57 Å². The summed E-state index contributed by atoms with van der Waals surface area (Å²) in [4.78, 5) is 9.98. The van der Waals surface area contributed by atoms with Crippen LogP contribution in [0, 0.1) is 0 Å². The number of aromatic nitrogens is 4. The van der Waals surface area contributed by atoms with Crippen LogP contribution in [-0.2, 0) is 0 Å². The van der Waals surface area contributed by atoms with Crippen molar-refractivity contribution in [3.63, 3.8) is 0 Å². The molecule has 4 aromatic heterocycles. The highest BCUT2D eigenvalue weighted by Gasteiger charge is 2.24. The maximum absolute atomic E-state index is 5.21. The summed E-state index contributed by atoms with van der Waals surface area (Å²) < 4.78 is 4.70. The van der Waals surface area contributed by atoms with Gasteiger partial charge in [0.2, 0.25) is 0 Å². The molecule has 4 heteroatoms. The van der Waals surface area contributed by atoms with Crippen LogP contribution in [0.25, 0.3) is 111 Å². The van der Waals surface area contributed by atoms with Crippen molar-refractivity contribution in [2.24, 2.45) is 0 Å². The summed E-state index contributed by atoms with van der Waals surface area (Å²) in [5, 5.41) is 6.01. The van der Waals surface area contributed by atoms with Crippen molar-refractivity contribution in [3.8, 4) is 56.0 Å². The molecule has 0 amide bonds. The van der Waals surface area contributed by atoms with Crippen LogP contribution in [0.4, 0.5) is 0 Å². The molecule has 4 nitrogen and oxygen atoms in total. The van der Waals surface area contributed by atoms with E-state index in [9.17, 15) is 0 Å². The SMILES string of the molecule is c1ccc(-c2cccc(-n3c4ccccc4c4cc(-c5ccc6c(c5)c5ccccc5n6-c5cc6c7c(ccnc7n5)-c5ccccc5-6)ccc43)c2)cc1. The van der Waals surface area contributed by atoms with Crippen molar-refractivity contribution in [2.45, 2.75) is 0 Å². The average molecular weight is 687 g/mol. The molecule has 11 aromatic rings. The zero-order valence-corrected chi connectivity index (χ0v) is 29.1. The molecule has 0 radical (unpaired) electrons. The summed E-state index contributed by atoms with van der Waals surface area (Å²) in [5.74, 6) is 0.878. The minimum absolute atomic E-state index is 0.776. The molecule has 0 bridgehead atoms. The molecule has 12 rings (SSSR count). The molecule has 1 aliphatic carbocycles. The fourth-order valence-corrected chi connectivity index (χ4v) is 8.93. The molecule has 0 aliphatic heterocycles. The lowest BCUT2D eigenvalue weighted by Crippen LogP contribution is -1.99. The van der Waals surface area contributed by atoms with Crippen molar-refractivity contribution in [2.75, 3.05) is 0 Å². The van der Waals surface area contributed by atoms with E-state index in [0.717, 1.165) is 33.6 Å². The first-order valence-electron chi connectivity index (χ1n) is 18.4. The van der Waals surface area contributed by atoms with E-state index in [0.29, 0.717) is 0 Å². The van der Waals surface area contributed by atoms with Crippen LogP contribution in [0.3, 0.4) is 0 Å². The third-order valence-corrected chi connectivity index (χ3v) is 11.3. The standard InChI is InChI=1S/C50H30N4/c1-2-11-31(12-3-1)32-13-10-14-35(27-32)53-44-19-8-6-17-38(44)41-28-33(21-23-46(41)53)34-22-24-47-42(29-34)39-18-7-9-20-45(39)54(47)48-30-43-37-16-5-4-15-36(37)40-25-26-51-50(52-48)49(40)43/h1-30H. The van der Waals surface area contributed by atoms with Gasteiger partial charge in [0, 0.05) is 38.8 Å². The first kappa shape index (κ1) is 29.3. The zero-order valence-electron chi connectivity index (χ0n) is 29.1. The van der Waals surface area contributed by atoms with Gasteiger partial charge in [-0.1, -0.05) is 115 Å². The molecular weight excluding hydrogens is 657 g/mol. The number of benzene rings is 7. The summed E-state index contributed by atoms with van der Waals surface area (Å²) in [6.07, 6.45) is 1.88. The molecule has 7 aromatic carbocycles. The largest absolute Gasteiger partial charge is 0.309 e. The highest BCUT2D eigenvalue weighted by molar-refractivity contribution is 6.15. The Morgan fingerprint density at radius 3 is 1.67 bits per heavy atom. The third kappa shape index (κ3) is 4.13. The quantitative estimate of drug-likeness (QED) is 0.185. The normalized spacial score (nSPS) is 12.1. The van der Waals surface area contributed by atoms with Crippen LogP contribution >= 0.6 is 0 Å². The Hall–Kier alpha value is -7.30. The summed E-state index contributed by atoms with van der Waals surface area (Å²) >= 11 is 0. The third-order valence-electron chi connectivity index (χ3n) is 11.3. The van der Waals surface area contributed by atoms with Crippen molar-refractivity contribution in [3.05, 3.63) is 182 Å². The lowest BCUT2D eigenvalue weighted by molar-refractivity contribution is 1.09. The maximum atomic E-state index is 5.21. The van der Waals surface area contributed by atoms with Gasteiger partial charge in [-0.3, -0.25) is 4.57 Å². The highest BCUT2D eigenvalue weighted by atomic mass is 15.1. The van der Waals surface area contributed by atoms with Gasteiger partial charge in [-0.25, -0.2) is 9.97 Å². The molecule has 0 spiro atoms. The monoisotopic (exact) mass is 686 g/mol. The molecule has 4 heterocycles. The van der Waals surface area contributed by atoms with E-state index in [2.05, 4.69) is 185 Å². The van der Waals surface area contributed by atoms with Gasteiger partial charge in [0.1, 0.15) is 5.82 Å². The summed E-state index contributed by atoms with van der Waals surface area (Å²) in [7, 11) is 0. The summed E-state index contributed by atoms with van der Waals surface area (Å²) in [6, 6.07) is 63.7. The van der Waals surface area contributed by atoms with Crippen LogP contribution in [-0.4, -0.2) is 19.1 Å². The van der Waals surface area contributed by atoms with E-state index in [1.54, 1.807) is 0 Å². The van der Waals surface area contributed by atoms with E-state index < -0.39 is 0 Å². The lowest BCUT2D eigenvalue weighted by Gasteiger charge is -2.11. The fourth-order valence-electron chi connectivity index (χ4n) is 8.93. The maximum Gasteiger partial charge on any atom is 0.162 e. The van der Waals surface area contributed by atoms with Gasteiger partial charge >= 0.3 is 0 Å². The predicted molar refractivity (Wildman–Crippen MR) is 224 cm³/mol. The summed E-state index contributed by atoms with van der Waals surface area (Å²) in [6.45, 7) is 0. The molecule has 54 heavy (non-hydrogen) atoms. The second-order valence-electron chi connectivity index (χ2n) is 14.2. The zero-order chi connectivity index (χ0) is 35.3. The number of pyridine rings is 2. The van der Waals surface area contributed by atoms with Crippen LogP contribution in [0.5, 0.6) is 0 Å².